The van der Waals surface area contributed by atoms with Crippen molar-refractivity contribution >= 4 is 17.4 Å². The smallest absolute Gasteiger partial charge is 0.136 e. The lowest BCUT2D eigenvalue weighted by Gasteiger charge is -2.59. The molecule has 2 unspecified atom stereocenters. The highest BCUT2D eigenvalue weighted by molar-refractivity contribution is 6.30. The van der Waals surface area contributed by atoms with E-state index in [4.69, 9.17) is 11.6 Å². The van der Waals surface area contributed by atoms with Crippen LogP contribution in [0.2, 0.25) is 0 Å². The molecule has 3 nitrogen and oxygen atoms in total. The molecule has 136 valence electrons. The number of aliphatic hydroxyl groups excluding tert-OH is 1. The Bertz CT molecular complexity index is 704. The van der Waals surface area contributed by atoms with E-state index in [9.17, 15) is 15.0 Å². The van der Waals surface area contributed by atoms with Crippen molar-refractivity contribution < 1.29 is 15.0 Å². The molecule has 4 rings (SSSR count). The number of Topliss-reactive ketones (excluding diaryl/α,β-unsaturated/α-hetero) is 1. The fraction of sp³-hybridized carbons (Fsp3) is 0.762. The van der Waals surface area contributed by atoms with Gasteiger partial charge in [0.1, 0.15) is 11.4 Å². The average molecular weight is 363 g/mol. The van der Waals surface area contributed by atoms with Crippen LogP contribution >= 0.6 is 11.6 Å². The number of carbonyl (C=O) groups is 1. The van der Waals surface area contributed by atoms with Crippen LogP contribution in [0.1, 0.15) is 58.8 Å². The van der Waals surface area contributed by atoms with E-state index in [1.54, 1.807) is 0 Å². The highest BCUT2D eigenvalue weighted by Gasteiger charge is 2.65. The number of carbonyl (C=O) groups excluding carboxylic acids is 1. The Morgan fingerprint density at radius 1 is 1.20 bits per heavy atom. The van der Waals surface area contributed by atoms with Gasteiger partial charge < -0.3 is 10.2 Å². The number of halogens is 1. The molecule has 0 aliphatic heterocycles. The fourth-order valence-corrected chi connectivity index (χ4v) is 6.92. The molecule has 7 atom stereocenters. The van der Waals surface area contributed by atoms with Gasteiger partial charge in [-0.1, -0.05) is 31.4 Å². The minimum Gasteiger partial charge on any atom is -0.389 e. The van der Waals surface area contributed by atoms with Crippen LogP contribution < -0.4 is 0 Å². The topological polar surface area (TPSA) is 57.5 Å². The third-order valence-corrected chi connectivity index (χ3v) is 8.46. The third-order valence-electron chi connectivity index (χ3n) is 8.37. The zero-order valence-electron chi connectivity index (χ0n) is 15.0. The van der Waals surface area contributed by atoms with Crippen molar-refractivity contribution in [2.75, 3.05) is 0 Å². The molecule has 3 fully saturated rings. The van der Waals surface area contributed by atoms with Crippen LogP contribution in [0.3, 0.4) is 0 Å². The van der Waals surface area contributed by atoms with Gasteiger partial charge in [0.2, 0.25) is 0 Å². The van der Waals surface area contributed by atoms with Gasteiger partial charge >= 0.3 is 0 Å². The molecule has 25 heavy (non-hydrogen) atoms. The summed E-state index contributed by atoms with van der Waals surface area (Å²) < 4.78 is 0. The number of rotatable bonds is 0. The van der Waals surface area contributed by atoms with Gasteiger partial charge in [0.25, 0.3) is 0 Å². The number of aliphatic hydroxyl groups is 2. The number of hydrogen-bond acceptors (Lipinski definition) is 3. The van der Waals surface area contributed by atoms with Gasteiger partial charge in [0.15, 0.2) is 0 Å². The predicted molar refractivity (Wildman–Crippen MR) is 96.7 cm³/mol. The van der Waals surface area contributed by atoms with Crippen molar-refractivity contribution in [1.29, 1.82) is 0 Å². The molecule has 0 radical (unpaired) electrons. The second kappa shape index (κ2) is 5.59. The summed E-state index contributed by atoms with van der Waals surface area (Å²) in [7, 11) is 0. The number of allylic oxidation sites excluding steroid dienone is 1. The van der Waals surface area contributed by atoms with Crippen LogP contribution in [-0.2, 0) is 4.79 Å². The molecule has 4 aliphatic rings. The van der Waals surface area contributed by atoms with E-state index in [0.717, 1.165) is 31.3 Å². The minimum absolute atomic E-state index is 0.0119. The third kappa shape index (κ3) is 2.24. The van der Waals surface area contributed by atoms with Crippen LogP contribution in [0, 0.1) is 39.9 Å². The largest absolute Gasteiger partial charge is 0.389 e. The van der Waals surface area contributed by atoms with Crippen molar-refractivity contribution in [2.24, 2.45) is 28.6 Å². The summed E-state index contributed by atoms with van der Waals surface area (Å²) in [5.74, 6) is 3.90. The van der Waals surface area contributed by atoms with Crippen LogP contribution in [0.4, 0.5) is 0 Å². The maximum Gasteiger partial charge on any atom is 0.136 e. The Balaban J connectivity index is 1.75. The first kappa shape index (κ1) is 17.6. The van der Waals surface area contributed by atoms with Gasteiger partial charge in [-0.05, 0) is 66.9 Å². The molecule has 0 spiro atoms. The highest BCUT2D eigenvalue weighted by Crippen LogP contribution is 2.66. The summed E-state index contributed by atoms with van der Waals surface area (Å²) in [5.41, 5.74) is -0.228. The average Bonchev–Trinajstić information content (AvgIpc) is 2.81. The van der Waals surface area contributed by atoms with Gasteiger partial charge in [-0.3, -0.25) is 4.79 Å². The van der Waals surface area contributed by atoms with Gasteiger partial charge in [0.05, 0.1) is 6.10 Å². The molecule has 0 saturated heterocycles. The molecule has 4 heteroatoms. The summed E-state index contributed by atoms with van der Waals surface area (Å²) in [6.45, 7) is 4.41. The quantitative estimate of drug-likeness (QED) is 0.512. The van der Waals surface area contributed by atoms with Crippen LogP contribution in [0.5, 0.6) is 0 Å². The predicted octanol–water partition coefficient (Wildman–Crippen LogP) is 3.42. The Labute approximate surface area is 154 Å². The molecule has 0 aromatic rings. The van der Waals surface area contributed by atoms with Gasteiger partial charge in [-0.15, -0.1) is 0 Å². The first-order valence-electron chi connectivity index (χ1n) is 9.51. The lowest BCUT2D eigenvalue weighted by Crippen LogP contribution is -2.57. The van der Waals surface area contributed by atoms with E-state index in [-0.39, 0.29) is 22.7 Å². The molecule has 0 aromatic heterocycles. The van der Waals surface area contributed by atoms with Crippen LogP contribution in [-0.4, -0.2) is 27.7 Å². The second-order valence-corrected chi connectivity index (χ2v) is 9.37. The summed E-state index contributed by atoms with van der Waals surface area (Å²) in [5, 5.41) is 24.5. The molecule has 0 bridgehead atoms. The second-order valence-electron chi connectivity index (χ2n) is 9.18. The highest BCUT2D eigenvalue weighted by atomic mass is 35.5. The minimum atomic E-state index is -1.06. The SMILES string of the molecule is C[C@]12CCC(=O)CC1=CC(O)[C@@H]1[C@H]2CC[C@@]2(C)[C@H]1CCC2(O)C#CCl. The normalized spacial score (nSPS) is 51.6. The monoisotopic (exact) mass is 362 g/mol. The lowest BCUT2D eigenvalue weighted by atomic mass is 9.46. The lowest BCUT2D eigenvalue weighted by molar-refractivity contribution is -0.130. The summed E-state index contributed by atoms with van der Waals surface area (Å²) >= 11 is 5.65. The van der Waals surface area contributed by atoms with Gasteiger partial charge in [0, 0.05) is 23.6 Å². The Morgan fingerprint density at radius 3 is 2.64 bits per heavy atom. The first-order valence-corrected chi connectivity index (χ1v) is 9.89. The van der Waals surface area contributed by atoms with E-state index in [0.29, 0.717) is 31.0 Å². The van der Waals surface area contributed by atoms with E-state index < -0.39 is 11.7 Å². The number of fused-ring (bicyclic) bond motifs is 5. The maximum atomic E-state index is 11.9. The molecule has 2 N–H and O–H groups in total. The first-order chi connectivity index (χ1) is 11.7. The fourth-order valence-electron chi connectivity index (χ4n) is 6.77. The summed E-state index contributed by atoms with van der Waals surface area (Å²) in [4.78, 5) is 11.9. The van der Waals surface area contributed by atoms with Crippen molar-refractivity contribution in [2.45, 2.75) is 70.5 Å². The van der Waals surface area contributed by atoms with Crippen molar-refractivity contribution in [3.8, 4) is 11.3 Å². The van der Waals surface area contributed by atoms with Gasteiger partial charge in [-0.25, -0.2) is 0 Å². The van der Waals surface area contributed by atoms with E-state index in [1.165, 1.54) is 0 Å². The Kier molecular flexibility index (Phi) is 3.93. The molecule has 0 aromatic carbocycles. The number of hydrogen-bond donors (Lipinski definition) is 2. The van der Waals surface area contributed by atoms with E-state index in [1.807, 2.05) is 6.08 Å². The van der Waals surface area contributed by atoms with Crippen molar-refractivity contribution in [3.63, 3.8) is 0 Å². The van der Waals surface area contributed by atoms with Gasteiger partial charge in [-0.2, -0.15) is 0 Å². The molecule has 0 heterocycles. The van der Waals surface area contributed by atoms with E-state index >= 15 is 0 Å². The molecular formula is C21H27ClO3. The summed E-state index contributed by atoms with van der Waals surface area (Å²) in [6, 6.07) is 0. The standard InChI is InChI=1S/C21H27ClO3/c1-19-6-3-14(23)11-13(19)12-17(24)18-15(19)4-7-20(2)16(18)5-8-21(20,25)9-10-22/h12,15-18,24-25H,3-8,11H2,1-2H3/t15-,16+,17?,18-,19+,20+,21?/m1/s1. The summed E-state index contributed by atoms with van der Waals surface area (Å²) in [6.07, 6.45) is 6.82. The van der Waals surface area contributed by atoms with Crippen molar-refractivity contribution in [3.05, 3.63) is 11.6 Å². The zero-order valence-corrected chi connectivity index (χ0v) is 15.8. The maximum absolute atomic E-state index is 11.9. The van der Waals surface area contributed by atoms with Crippen molar-refractivity contribution in [1.82, 2.24) is 0 Å². The Morgan fingerprint density at radius 2 is 1.92 bits per heavy atom. The molecule has 3 saturated carbocycles. The van der Waals surface area contributed by atoms with Crippen LogP contribution in [0.15, 0.2) is 11.6 Å². The molecular weight excluding hydrogens is 336 g/mol. The molecule has 4 aliphatic carbocycles. The number of ketones is 1. The van der Waals surface area contributed by atoms with E-state index in [2.05, 4.69) is 25.1 Å². The molecule has 0 amide bonds. The Hall–Kier alpha value is -0.820. The van der Waals surface area contributed by atoms with Crippen LogP contribution in [0.25, 0.3) is 0 Å². The zero-order chi connectivity index (χ0) is 18.0.